The van der Waals surface area contributed by atoms with Crippen molar-refractivity contribution in [1.82, 2.24) is 4.90 Å². The van der Waals surface area contributed by atoms with Crippen LogP contribution in [0.2, 0.25) is 0 Å². The first-order valence-corrected chi connectivity index (χ1v) is 6.66. The second kappa shape index (κ2) is 5.47. The molecule has 0 unspecified atom stereocenters. The number of allylic oxidation sites excluding steroid dienone is 1. The number of hydrogen-bond donors (Lipinski definition) is 0. The molecule has 102 valence electrons. The number of carbonyl (C=O) groups is 1. The summed E-state index contributed by atoms with van der Waals surface area (Å²) in [5, 5.41) is 0. The lowest BCUT2D eigenvalue weighted by molar-refractivity contribution is -0.131. The Kier molecular flexibility index (Phi) is 3.93. The van der Waals surface area contributed by atoms with E-state index in [2.05, 4.69) is 13.2 Å². The predicted octanol–water partition coefficient (Wildman–Crippen LogP) is 3.38. The molecule has 0 saturated heterocycles. The smallest absolute Gasteiger partial charge is 0.246 e. The van der Waals surface area contributed by atoms with Crippen LogP contribution in [0, 0.1) is 19.8 Å². The summed E-state index contributed by atoms with van der Waals surface area (Å²) in [6, 6.07) is 2.30. The number of amides is 1. The van der Waals surface area contributed by atoms with Crippen molar-refractivity contribution < 1.29 is 9.21 Å². The third-order valence-electron chi connectivity index (χ3n) is 3.87. The molecule has 0 N–H and O–H groups in total. The molecular weight excluding hydrogens is 238 g/mol. The summed E-state index contributed by atoms with van der Waals surface area (Å²) in [7, 11) is 0. The van der Waals surface area contributed by atoms with Crippen molar-refractivity contribution in [2.45, 2.75) is 39.3 Å². The normalized spacial score (nSPS) is 21.6. The Labute approximate surface area is 114 Å². The molecular formula is C16H21NO2. The third kappa shape index (κ3) is 2.80. The summed E-state index contributed by atoms with van der Waals surface area (Å²) in [5.74, 6) is 2.30. The van der Waals surface area contributed by atoms with Crippen molar-refractivity contribution in [3.8, 4) is 0 Å². The Morgan fingerprint density at radius 3 is 2.63 bits per heavy atom. The maximum atomic E-state index is 12.0. The average Bonchev–Trinajstić information content (AvgIpc) is 2.64. The highest BCUT2D eigenvalue weighted by Crippen LogP contribution is 2.34. The second-order valence-corrected chi connectivity index (χ2v) is 5.23. The number of carbonyl (C=O) groups excluding carboxylic acids is 1. The minimum Gasteiger partial charge on any atom is -0.466 e. The van der Waals surface area contributed by atoms with E-state index in [9.17, 15) is 4.79 Å². The molecule has 1 aromatic rings. The lowest BCUT2D eigenvalue weighted by Gasteiger charge is -2.41. The van der Waals surface area contributed by atoms with Gasteiger partial charge >= 0.3 is 0 Å². The Balaban J connectivity index is 2.11. The van der Waals surface area contributed by atoms with Gasteiger partial charge in [-0.25, -0.2) is 0 Å². The standard InChI is InChI=1S/C16H21NO2/c1-5-13-8-15(9-13)17(16(18)6-2)10-14-7-11(3)19-12(14)4/h5-7,13,15H,1-2,8-10H2,3-4H3. The molecule has 0 bridgehead atoms. The van der Waals surface area contributed by atoms with E-state index in [-0.39, 0.29) is 5.91 Å². The molecule has 1 amide bonds. The van der Waals surface area contributed by atoms with E-state index >= 15 is 0 Å². The molecule has 1 aliphatic carbocycles. The fraction of sp³-hybridized carbons (Fsp3) is 0.438. The van der Waals surface area contributed by atoms with Crippen molar-refractivity contribution in [1.29, 1.82) is 0 Å². The lowest BCUT2D eigenvalue weighted by Crippen LogP contribution is -2.46. The minimum atomic E-state index is -0.00855. The van der Waals surface area contributed by atoms with Gasteiger partial charge in [-0.15, -0.1) is 6.58 Å². The van der Waals surface area contributed by atoms with E-state index in [0.717, 1.165) is 29.9 Å². The molecule has 3 nitrogen and oxygen atoms in total. The molecule has 3 heteroatoms. The lowest BCUT2D eigenvalue weighted by atomic mass is 9.79. The van der Waals surface area contributed by atoms with Gasteiger partial charge in [-0.05, 0) is 44.7 Å². The zero-order valence-electron chi connectivity index (χ0n) is 11.7. The van der Waals surface area contributed by atoms with Gasteiger partial charge in [-0.1, -0.05) is 12.7 Å². The summed E-state index contributed by atoms with van der Waals surface area (Å²) in [6.07, 6.45) is 5.36. The number of hydrogen-bond acceptors (Lipinski definition) is 2. The van der Waals surface area contributed by atoms with Gasteiger partial charge in [0.05, 0.1) is 0 Å². The molecule has 0 spiro atoms. The van der Waals surface area contributed by atoms with Crippen molar-refractivity contribution in [2.75, 3.05) is 0 Å². The Morgan fingerprint density at radius 2 is 2.16 bits per heavy atom. The molecule has 1 aromatic heterocycles. The maximum absolute atomic E-state index is 12.0. The Morgan fingerprint density at radius 1 is 1.47 bits per heavy atom. The van der Waals surface area contributed by atoms with Crippen LogP contribution in [0.15, 0.2) is 35.8 Å². The third-order valence-corrected chi connectivity index (χ3v) is 3.87. The number of rotatable bonds is 5. The maximum Gasteiger partial charge on any atom is 0.246 e. The van der Waals surface area contributed by atoms with Crippen LogP contribution in [0.3, 0.4) is 0 Å². The first kappa shape index (κ1) is 13.7. The monoisotopic (exact) mass is 259 g/mol. The summed E-state index contributed by atoms with van der Waals surface area (Å²) >= 11 is 0. The fourth-order valence-electron chi connectivity index (χ4n) is 2.61. The van der Waals surface area contributed by atoms with Crippen LogP contribution in [0.5, 0.6) is 0 Å². The van der Waals surface area contributed by atoms with E-state index in [1.54, 1.807) is 0 Å². The molecule has 1 heterocycles. The van der Waals surface area contributed by atoms with Gasteiger partial charge in [0.15, 0.2) is 0 Å². The summed E-state index contributed by atoms with van der Waals surface area (Å²) < 4.78 is 5.52. The highest BCUT2D eigenvalue weighted by molar-refractivity contribution is 5.87. The number of aryl methyl sites for hydroxylation is 2. The van der Waals surface area contributed by atoms with Gasteiger partial charge in [0.25, 0.3) is 0 Å². The first-order valence-electron chi connectivity index (χ1n) is 6.66. The second-order valence-electron chi connectivity index (χ2n) is 5.23. The van der Waals surface area contributed by atoms with Crippen LogP contribution < -0.4 is 0 Å². The van der Waals surface area contributed by atoms with Crippen LogP contribution in [0.1, 0.15) is 29.9 Å². The van der Waals surface area contributed by atoms with Gasteiger partial charge in [-0.3, -0.25) is 4.79 Å². The summed E-state index contributed by atoms with van der Waals surface area (Å²) in [5.41, 5.74) is 1.08. The zero-order chi connectivity index (χ0) is 14.0. The van der Waals surface area contributed by atoms with Gasteiger partial charge in [0.1, 0.15) is 11.5 Å². The highest BCUT2D eigenvalue weighted by atomic mass is 16.3. The van der Waals surface area contributed by atoms with Gasteiger partial charge < -0.3 is 9.32 Å². The van der Waals surface area contributed by atoms with E-state index in [0.29, 0.717) is 18.5 Å². The number of nitrogens with zero attached hydrogens (tertiary/aromatic N) is 1. The van der Waals surface area contributed by atoms with Gasteiger partial charge in [0, 0.05) is 18.2 Å². The van der Waals surface area contributed by atoms with E-state index in [1.807, 2.05) is 30.9 Å². The minimum absolute atomic E-state index is 0.00855. The number of furan rings is 1. The highest BCUT2D eigenvalue weighted by Gasteiger charge is 2.34. The van der Waals surface area contributed by atoms with E-state index in [1.165, 1.54) is 6.08 Å². The molecule has 0 aliphatic heterocycles. The van der Waals surface area contributed by atoms with Crippen LogP contribution in [-0.4, -0.2) is 16.8 Å². The quantitative estimate of drug-likeness (QED) is 0.600. The largest absolute Gasteiger partial charge is 0.466 e. The molecule has 0 atom stereocenters. The SMILES string of the molecule is C=CC(=O)N(Cc1cc(C)oc1C)C1CC(C=C)C1. The molecule has 1 fully saturated rings. The Bertz CT molecular complexity index is 495. The van der Waals surface area contributed by atoms with Crippen LogP contribution in [-0.2, 0) is 11.3 Å². The van der Waals surface area contributed by atoms with Gasteiger partial charge in [0.2, 0.25) is 5.91 Å². The Hall–Kier alpha value is -1.77. The van der Waals surface area contributed by atoms with Crippen molar-refractivity contribution in [3.05, 3.63) is 48.5 Å². The predicted molar refractivity (Wildman–Crippen MR) is 75.6 cm³/mol. The van der Waals surface area contributed by atoms with Gasteiger partial charge in [-0.2, -0.15) is 0 Å². The molecule has 1 saturated carbocycles. The fourth-order valence-corrected chi connectivity index (χ4v) is 2.61. The van der Waals surface area contributed by atoms with E-state index < -0.39 is 0 Å². The van der Waals surface area contributed by atoms with Crippen LogP contribution in [0.25, 0.3) is 0 Å². The molecule has 0 aromatic carbocycles. The van der Waals surface area contributed by atoms with E-state index in [4.69, 9.17) is 4.42 Å². The summed E-state index contributed by atoms with van der Waals surface area (Å²) in [4.78, 5) is 13.9. The van der Waals surface area contributed by atoms with Crippen LogP contribution >= 0.6 is 0 Å². The molecule has 0 radical (unpaired) electrons. The summed E-state index contributed by atoms with van der Waals surface area (Å²) in [6.45, 7) is 11.9. The topological polar surface area (TPSA) is 33.5 Å². The van der Waals surface area contributed by atoms with Crippen molar-refractivity contribution in [3.63, 3.8) is 0 Å². The average molecular weight is 259 g/mol. The molecule has 19 heavy (non-hydrogen) atoms. The molecule has 1 aliphatic rings. The zero-order valence-corrected chi connectivity index (χ0v) is 11.7. The molecule has 2 rings (SSSR count). The first-order chi connectivity index (χ1) is 9.05. The van der Waals surface area contributed by atoms with Crippen molar-refractivity contribution >= 4 is 5.91 Å². The van der Waals surface area contributed by atoms with Crippen molar-refractivity contribution in [2.24, 2.45) is 5.92 Å². The van der Waals surface area contributed by atoms with Crippen LogP contribution in [0.4, 0.5) is 0 Å².